The van der Waals surface area contributed by atoms with Gasteiger partial charge in [0.2, 0.25) is 0 Å². The Morgan fingerprint density at radius 1 is 0.277 bits per heavy atom. The molecule has 6 aliphatic rings. The van der Waals surface area contributed by atoms with Gasteiger partial charge in [-0.05, 0) is 169 Å². The number of aromatic amines is 4. The van der Waals surface area contributed by atoms with Crippen molar-refractivity contribution in [1.29, 1.82) is 0 Å². The first kappa shape index (κ1) is 67.3. The van der Waals surface area contributed by atoms with Gasteiger partial charge in [0.25, 0.3) is 0 Å². The summed E-state index contributed by atoms with van der Waals surface area (Å²) in [4.78, 5) is 73.8. The van der Waals surface area contributed by atoms with Crippen LogP contribution in [0.4, 0.5) is 0 Å². The van der Waals surface area contributed by atoms with E-state index in [4.69, 9.17) is 29.4 Å². The molecule has 20 rings (SSSR count). The highest BCUT2D eigenvalue weighted by Crippen LogP contribution is 2.59. The molecule has 0 saturated heterocycles. The van der Waals surface area contributed by atoms with Crippen molar-refractivity contribution in [2.45, 2.75) is 64.6 Å². The molecule has 10 heterocycles. The molecule has 0 radical (unpaired) electrons. The van der Waals surface area contributed by atoms with E-state index in [0.717, 1.165) is 133 Å². The molecule has 12 heteroatoms. The van der Waals surface area contributed by atoms with E-state index in [1.165, 1.54) is 0 Å². The summed E-state index contributed by atoms with van der Waals surface area (Å²) in [7, 11) is 0. The second kappa shape index (κ2) is 26.4. The SMILES string of the molecule is CC(C)(C)OC(=O)c1c2c3[nH]c(c(-c4ccccc4)c4nc(c(-c5ccccc5)c5ccc([nH]5)c(-c5ccccc5)c5nc(c3c3ccccc13)C=C5)C=C4)[C@H]2[C@H]1c2[nH]c3c1c(C(=O)OC(C)(C)C)c1ccccc1c3c1nc(c(-c3ccccc3)c3ccc([nH]3)c(-c3ccccc3)c3nc(c2-c2ccccc2)C=C3)C=C1. The maximum atomic E-state index is 16.9. The fourth-order valence-corrected chi connectivity index (χ4v) is 17.5. The Kier molecular flexibility index (Phi) is 15.8. The maximum absolute atomic E-state index is 16.9. The number of aromatic nitrogens is 8. The zero-order chi connectivity index (χ0) is 75.7. The van der Waals surface area contributed by atoms with Crippen molar-refractivity contribution in [3.63, 3.8) is 0 Å². The van der Waals surface area contributed by atoms with Crippen LogP contribution < -0.4 is 0 Å². The number of ether oxygens (including phenoxy) is 2. The normalized spacial score (nSPS) is 14.3. The number of hydrogen-bond acceptors (Lipinski definition) is 8. The molecule has 14 aromatic rings. The predicted molar refractivity (Wildman–Crippen MR) is 457 cm³/mol. The Balaban J connectivity index is 1.06. The maximum Gasteiger partial charge on any atom is 0.339 e. The molecule has 4 aromatic heterocycles. The van der Waals surface area contributed by atoms with Crippen LogP contribution in [0.1, 0.15) is 142 Å². The van der Waals surface area contributed by atoms with E-state index in [2.05, 4.69) is 251 Å². The average Bonchev–Trinajstić information content (AvgIpc) is 1.52. The van der Waals surface area contributed by atoms with Gasteiger partial charge < -0.3 is 29.4 Å². The van der Waals surface area contributed by atoms with Crippen molar-refractivity contribution in [3.8, 4) is 66.8 Å². The van der Waals surface area contributed by atoms with Gasteiger partial charge in [-0.2, -0.15) is 0 Å². The lowest BCUT2D eigenvalue weighted by molar-refractivity contribution is 0.00569. The number of H-pyrrole nitrogens is 4. The molecule has 2 atom stereocenters. The highest BCUT2D eigenvalue weighted by molar-refractivity contribution is 6.23. The third-order valence-corrected chi connectivity index (χ3v) is 21.8. The van der Waals surface area contributed by atoms with E-state index in [1.807, 2.05) is 114 Å². The molecule has 4 N–H and O–H groups in total. The Hall–Kier alpha value is -14.1. The number of nitrogens with one attached hydrogen (secondary N) is 4. The standard InChI is InChI=1S/C100H74N8O4/c1-99(2,3)111-97(109)87-65-43-27-25-41-63(65)85-77-55-51-73(105-77)81(59-33-17-9-18-34-59)69-47-45-67(101-69)79(57-29-13-7-14-30-57)71-49-53-75(103-71)83(61-37-21-11-22-38-61)93-91(89(87)95(85)107-93)92-90-88(98(110)112-100(4,5)6)66-44-28-26-42-64(66)86-78-56-52-74(106-78)82(60-35-19-10-20-36-60)70-48-46-68(102-70)80(58-31-15-8-16-32-58)72-50-54-76(104-72)84(94(92)108-96(86)90)62-39-23-12-24-40-62/h7-56,91-92,101-102,107-108H,1-6H3/t91-,92+. The van der Waals surface area contributed by atoms with Crippen molar-refractivity contribution in [2.24, 2.45) is 0 Å². The molecular formula is C100H74N8O4. The topological polar surface area (TPSA) is 167 Å². The van der Waals surface area contributed by atoms with Gasteiger partial charge in [0.05, 0.1) is 67.7 Å². The van der Waals surface area contributed by atoms with E-state index in [1.54, 1.807) is 0 Å². The number of carbonyl (C=O) groups is 2. The highest BCUT2D eigenvalue weighted by Gasteiger charge is 2.47. The Labute approximate surface area is 646 Å². The summed E-state index contributed by atoms with van der Waals surface area (Å²) in [5.74, 6) is -3.05. The van der Waals surface area contributed by atoms with Crippen LogP contribution in [0.25, 0.3) is 181 Å². The van der Waals surface area contributed by atoms with Gasteiger partial charge in [-0.1, -0.05) is 231 Å². The van der Waals surface area contributed by atoms with Gasteiger partial charge in [-0.25, -0.2) is 29.5 Å². The number of carbonyl (C=O) groups excluding carboxylic acids is 2. The van der Waals surface area contributed by atoms with Crippen LogP contribution in [0.3, 0.4) is 0 Å². The summed E-state index contributed by atoms with van der Waals surface area (Å²) in [6.07, 6.45) is 16.9. The molecule has 0 unspecified atom stereocenters. The van der Waals surface area contributed by atoms with Gasteiger partial charge in [0.15, 0.2) is 0 Å². The largest absolute Gasteiger partial charge is 0.456 e. The monoisotopic (exact) mass is 1450 g/mol. The molecule has 0 saturated carbocycles. The lowest BCUT2D eigenvalue weighted by Crippen LogP contribution is -2.27. The lowest BCUT2D eigenvalue weighted by Gasteiger charge is -2.30. The molecule has 538 valence electrons. The van der Waals surface area contributed by atoms with Gasteiger partial charge in [-0.3, -0.25) is 0 Å². The number of hydrogen-bond donors (Lipinski definition) is 4. The molecule has 0 amide bonds. The molecule has 0 spiro atoms. The summed E-state index contributed by atoms with van der Waals surface area (Å²) in [6, 6.07) is 87.3. The van der Waals surface area contributed by atoms with E-state index >= 15 is 9.59 Å². The number of nitrogens with zero attached hydrogens (tertiary/aromatic N) is 4. The fourth-order valence-electron chi connectivity index (χ4n) is 17.5. The summed E-state index contributed by atoms with van der Waals surface area (Å²) in [5.41, 5.74) is 22.2. The summed E-state index contributed by atoms with van der Waals surface area (Å²) in [6.45, 7) is 11.5. The molecule has 6 aliphatic heterocycles. The fraction of sp³-hybridized carbons (Fsp3) is 0.100. The van der Waals surface area contributed by atoms with Crippen molar-refractivity contribution in [3.05, 3.63) is 334 Å². The zero-order valence-electron chi connectivity index (χ0n) is 62.4. The molecule has 0 fully saturated rings. The zero-order valence-corrected chi connectivity index (χ0v) is 62.4. The Morgan fingerprint density at radius 3 is 0.786 bits per heavy atom. The summed E-state index contributed by atoms with van der Waals surface area (Å²) < 4.78 is 13.8. The highest BCUT2D eigenvalue weighted by atomic mass is 16.6. The first-order valence-corrected chi connectivity index (χ1v) is 38.1. The quantitative estimate of drug-likeness (QED) is 0.104. The summed E-state index contributed by atoms with van der Waals surface area (Å²) >= 11 is 0. The van der Waals surface area contributed by atoms with Crippen LogP contribution in [0.5, 0.6) is 0 Å². The number of benzene rings is 10. The molecule has 16 bridgehead atoms. The van der Waals surface area contributed by atoms with Crippen LogP contribution in [-0.2, 0) is 9.47 Å². The first-order valence-electron chi connectivity index (χ1n) is 38.1. The van der Waals surface area contributed by atoms with Crippen molar-refractivity contribution in [1.82, 2.24) is 39.9 Å². The number of fused-ring (bicyclic) bond motifs is 20. The van der Waals surface area contributed by atoms with E-state index in [-0.39, 0.29) is 0 Å². The van der Waals surface area contributed by atoms with E-state index in [0.29, 0.717) is 78.2 Å². The smallest absolute Gasteiger partial charge is 0.339 e. The Morgan fingerprint density at radius 2 is 0.509 bits per heavy atom. The van der Waals surface area contributed by atoms with Crippen LogP contribution in [0.2, 0.25) is 0 Å². The minimum Gasteiger partial charge on any atom is -0.456 e. The van der Waals surface area contributed by atoms with Crippen LogP contribution in [0, 0.1) is 0 Å². The molecule has 10 aromatic carbocycles. The van der Waals surface area contributed by atoms with E-state index in [9.17, 15) is 0 Å². The molecule has 112 heavy (non-hydrogen) atoms. The first-order chi connectivity index (χ1) is 54.6. The van der Waals surface area contributed by atoms with Crippen LogP contribution in [-0.4, -0.2) is 63.0 Å². The average molecular weight is 1450 g/mol. The van der Waals surface area contributed by atoms with Gasteiger partial charge in [0.1, 0.15) is 11.2 Å². The van der Waals surface area contributed by atoms with E-state index < -0.39 is 35.0 Å². The van der Waals surface area contributed by atoms with Crippen LogP contribution >= 0.6 is 0 Å². The minimum absolute atomic E-state index is 0.347. The van der Waals surface area contributed by atoms with Crippen LogP contribution in [0.15, 0.2) is 255 Å². The van der Waals surface area contributed by atoms with Crippen molar-refractivity contribution < 1.29 is 19.1 Å². The van der Waals surface area contributed by atoms with Gasteiger partial charge >= 0.3 is 11.9 Å². The minimum atomic E-state index is -0.991. The second-order valence-electron chi connectivity index (χ2n) is 31.1. The third-order valence-electron chi connectivity index (χ3n) is 21.8. The number of rotatable bonds is 9. The summed E-state index contributed by atoms with van der Waals surface area (Å²) in [5, 5.41) is 4.35. The predicted octanol–water partition coefficient (Wildman–Crippen LogP) is 24.6. The van der Waals surface area contributed by atoms with Crippen molar-refractivity contribution >= 4 is 126 Å². The molecule has 12 nitrogen and oxygen atoms in total. The molecule has 0 aliphatic carbocycles. The second-order valence-corrected chi connectivity index (χ2v) is 31.1. The van der Waals surface area contributed by atoms with Crippen molar-refractivity contribution in [2.75, 3.05) is 0 Å². The molecular weight excluding hydrogens is 1380 g/mol. The lowest BCUT2D eigenvalue weighted by atomic mass is 9.72. The Bertz CT molecular complexity index is 6490. The van der Waals surface area contributed by atoms with Gasteiger partial charge in [-0.15, -0.1) is 0 Å². The number of esters is 2. The van der Waals surface area contributed by atoms with Gasteiger partial charge in [0, 0.05) is 101 Å². The third kappa shape index (κ3) is 11.3.